The second kappa shape index (κ2) is 16.1. The number of hydrogen-bond donors (Lipinski definition) is 3. The minimum Gasteiger partial charge on any atom is -0.356 e. The predicted molar refractivity (Wildman–Crippen MR) is 135 cm³/mol. The summed E-state index contributed by atoms with van der Waals surface area (Å²) in [6, 6.07) is 0. The summed E-state index contributed by atoms with van der Waals surface area (Å²) in [4.78, 5) is 39.1. The Kier molecular flexibility index (Phi) is 14.4. The molecule has 0 radical (unpaired) electrons. The minimum atomic E-state index is -0.207. The Labute approximate surface area is 204 Å². The fourth-order valence-corrected chi connectivity index (χ4v) is 4.36. The van der Waals surface area contributed by atoms with Gasteiger partial charge in [-0.2, -0.15) is 0 Å². The maximum Gasteiger partial charge on any atom is 0.223 e. The standard InChI is InChI=1S/C24H44N6O2S/c1-16(2)12-19(18(5)31)14-21-28-22(30-24(29-21)33-11-8-25)15-20(13-17(3)4)23(32)27-10-7-9-26-6/h16-17,19-20,26H,7-15,25H2,1-6H3,(H,27,32). The second-order valence-electron chi connectivity index (χ2n) is 9.51. The van der Waals surface area contributed by atoms with Crippen molar-refractivity contribution in [3.63, 3.8) is 0 Å². The molecule has 0 aromatic carbocycles. The van der Waals surface area contributed by atoms with E-state index in [1.807, 2.05) is 7.05 Å². The average Bonchev–Trinajstić information content (AvgIpc) is 2.73. The number of Topliss-reactive ketones (excluding diaryl/α,β-unsaturated/α-hetero) is 1. The van der Waals surface area contributed by atoms with Crippen molar-refractivity contribution in [3.8, 4) is 0 Å². The number of aromatic nitrogens is 3. The van der Waals surface area contributed by atoms with Crippen molar-refractivity contribution in [3.05, 3.63) is 11.6 Å². The Bertz CT molecular complexity index is 729. The Morgan fingerprint density at radius 1 is 0.939 bits per heavy atom. The largest absolute Gasteiger partial charge is 0.356 e. The fraction of sp³-hybridized carbons (Fsp3) is 0.792. The maximum atomic E-state index is 12.9. The summed E-state index contributed by atoms with van der Waals surface area (Å²) < 4.78 is 0. The van der Waals surface area contributed by atoms with Crippen molar-refractivity contribution in [2.24, 2.45) is 29.4 Å². The molecule has 1 aromatic rings. The van der Waals surface area contributed by atoms with Gasteiger partial charge in [0.1, 0.15) is 17.4 Å². The van der Waals surface area contributed by atoms with E-state index in [0.29, 0.717) is 60.3 Å². The van der Waals surface area contributed by atoms with Crippen LogP contribution in [0.25, 0.3) is 0 Å². The Morgan fingerprint density at radius 3 is 2.03 bits per heavy atom. The summed E-state index contributed by atoms with van der Waals surface area (Å²) in [5, 5.41) is 6.77. The number of amides is 1. The molecule has 188 valence electrons. The van der Waals surface area contributed by atoms with Crippen molar-refractivity contribution < 1.29 is 9.59 Å². The van der Waals surface area contributed by atoms with Gasteiger partial charge < -0.3 is 16.4 Å². The summed E-state index contributed by atoms with van der Waals surface area (Å²) in [5.41, 5.74) is 5.68. The second-order valence-corrected chi connectivity index (χ2v) is 10.6. The van der Waals surface area contributed by atoms with E-state index in [2.05, 4.69) is 48.3 Å². The number of hydrogen-bond acceptors (Lipinski definition) is 8. The number of carbonyl (C=O) groups excluding carboxylic acids is 2. The SMILES string of the molecule is CNCCCNC(=O)C(Cc1nc(CC(CC(C)C)C(C)=O)nc(SCCN)n1)CC(C)C. The molecule has 0 aliphatic heterocycles. The molecule has 0 saturated carbocycles. The van der Waals surface area contributed by atoms with Crippen LogP contribution in [0, 0.1) is 23.7 Å². The zero-order valence-electron chi connectivity index (χ0n) is 21.3. The molecule has 4 N–H and O–H groups in total. The molecular formula is C24H44N6O2S. The lowest BCUT2D eigenvalue weighted by atomic mass is 9.90. The van der Waals surface area contributed by atoms with Crippen molar-refractivity contribution in [1.29, 1.82) is 0 Å². The quantitative estimate of drug-likeness (QED) is 0.230. The summed E-state index contributed by atoms with van der Waals surface area (Å²) in [6.45, 7) is 12.1. The van der Waals surface area contributed by atoms with Crippen LogP contribution in [0.3, 0.4) is 0 Å². The van der Waals surface area contributed by atoms with Gasteiger partial charge in [-0.25, -0.2) is 15.0 Å². The van der Waals surface area contributed by atoms with Gasteiger partial charge in [0, 0.05) is 43.5 Å². The van der Waals surface area contributed by atoms with Gasteiger partial charge in [0.05, 0.1) is 0 Å². The van der Waals surface area contributed by atoms with E-state index >= 15 is 0 Å². The Balaban J connectivity index is 3.10. The highest BCUT2D eigenvalue weighted by molar-refractivity contribution is 7.99. The van der Waals surface area contributed by atoms with Crippen molar-refractivity contribution in [1.82, 2.24) is 25.6 Å². The van der Waals surface area contributed by atoms with E-state index in [4.69, 9.17) is 10.7 Å². The van der Waals surface area contributed by atoms with Crippen LogP contribution in [0.4, 0.5) is 0 Å². The zero-order chi connectivity index (χ0) is 24.8. The smallest absolute Gasteiger partial charge is 0.223 e. The summed E-state index contributed by atoms with van der Waals surface area (Å²) >= 11 is 1.49. The molecule has 1 aromatic heterocycles. The molecule has 1 rings (SSSR count). The number of nitrogens with one attached hydrogen (secondary N) is 2. The molecule has 33 heavy (non-hydrogen) atoms. The van der Waals surface area contributed by atoms with Crippen LogP contribution < -0.4 is 16.4 Å². The average molecular weight is 481 g/mol. The molecule has 0 bridgehead atoms. The highest BCUT2D eigenvalue weighted by Crippen LogP contribution is 2.21. The third kappa shape index (κ3) is 12.5. The first-order valence-corrected chi connectivity index (χ1v) is 13.1. The van der Waals surface area contributed by atoms with Crippen molar-refractivity contribution >= 4 is 23.5 Å². The molecule has 0 spiro atoms. The number of nitrogens with zero attached hydrogens (tertiary/aromatic N) is 3. The molecule has 0 saturated heterocycles. The zero-order valence-corrected chi connectivity index (χ0v) is 22.1. The van der Waals surface area contributed by atoms with Crippen molar-refractivity contribution in [2.45, 2.75) is 71.9 Å². The van der Waals surface area contributed by atoms with Crippen LogP contribution in [-0.4, -0.2) is 59.1 Å². The summed E-state index contributed by atoms with van der Waals surface area (Å²) in [6.07, 6.45) is 3.38. The third-order valence-corrected chi connectivity index (χ3v) is 6.16. The van der Waals surface area contributed by atoms with Gasteiger partial charge >= 0.3 is 0 Å². The van der Waals surface area contributed by atoms with Gasteiger partial charge in [0.25, 0.3) is 0 Å². The van der Waals surface area contributed by atoms with Gasteiger partial charge in [0.2, 0.25) is 5.91 Å². The first kappa shape index (κ1) is 29.5. The minimum absolute atomic E-state index is 0.0411. The van der Waals surface area contributed by atoms with E-state index in [0.717, 1.165) is 25.8 Å². The highest BCUT2D eigenvalue weighted by atomic mass is 32.2. The molecule has 1 heterocycles. The Hall–Kier alpha value is -1.58. The number of thioether (sulfide) groups is 1. The van der Waals surface area contributed by atoms with Crippen LogP contribution in [0.1, 0.15) is 65.5 Å². The number of carbonyl (C=O) groups is 2. The molecule has 2 unspecified atom stereocenters. The van der Waals surface area contributed by atoms with Gasteiger partial charge in [0.15, 0.2) is 5.16 Å². The molecule has 1 amide bonds. The lowest BCUT2D eigenvalue weighted by Crippen LogP contribution is -2.34. The van der Waals surface area contributed by atoms with E-state index in [1.165, 1.54) is 11.8 Å². The van der Waals surface area contributed by atoms with Crippen LogP contribution in [0.5, 0.6) is 0 Å². The van der Waals surface area contributed by atoms with E-state index < -0.39 is 0 Å². The lowest BCUT2D eigenvalue weighted by Gasteiger charge is -2.19. The molecular weight excluding hydrogens is 436 g/mol. The van der Waals surface area contributed by atoms with Gasteiger partial charge in [-0.05, 0) is 51.6 Å². The summed E-state index contributed by atoms with van der Waals surface area (Å²) in [5.74, 6) is 2.59. The van der Waals surface area contributed by atoms with Crippen molar-refractivity contribution in [2.75, 3.05) is 32.4 Å². The first-order valence-electron chi connectivity index (χ1n) is 12.2. The lowest BCUT2D eigenvalue weighted by molar-refractivity contribution is -0.125. The number of nitrogens with two attached hydrogens (primary N) is 1. The fourth-order valence-electron chi connectivity index (χ4n) is 3.72. The van der Waals surface area contributed by atoms with Crippen LogP contribution in [0.2, 0.25) is 0 Å². The van der Waals surface area contributed by atoms with Gasteiger partial charge in [-0.15, -0.1) is 0 Å². The molecule has 0 aliphatic carbocycles. The first-order chi connectivity index (χ1) is 15.7. The van der Waals surface area contributed by atoms with Crippen LogP contribution >= 0.6 is 11.8 Å². The predicted octanol–water partition coefficient (Wildman–Crippen LogP) is 2.65. The Morgan fingerprint density at radius 2 is 1.52 bits per heavy atom. The molecule has 2 atom stereocenters. The maximum absolute atomic E-state index is 12.9. The third-order valence-electron chi connectivity index (χ3n) is 5.27. The normalized spacial score (nSPS) is 13.4. The van der Waals surface area contributed by atoms with E-state index in [1.54, 1.807) is 6.92 Å². The van der Waals surface area contributed by atoms with E-state index in [9.17, 15) is 9.59 Å². The van der Waals surface area contributed by atoms with E-state index in [-0.39, 0.29) is 23.5 Å². The van der Waals surface area contributed by atoms with Crippen LogP contribution in [0.15, 0.2) is 5.16 Å². The van der Waals surface area contributed by atoms with Gasteiger partial charge in [-0.3, -0.25) is 9.59 Å². The topological polar surface area (TPSA) is 123 Å². The van der Waals surface area contributed by atoms with Gasteiger partial charge in [-0.1, -0.05) is 39.5 Å². The highest BCUT2D eigenvalue weighted by Gasteiger charge is 2.24. The summed E-state index contributed by atoms with van der Waals surface area (Å²) in [7, 11) is 1.90. The molecule has 8 nitrogen and oxygen atoms in total. The monoisotopic (exact) mass is 480 g/mol. The molecule has 9 heteroatoms. The van der Waals surface area contributed by atoms with Crippen LogP contribution in [-0.2, 0) is 22.4 Å². The molecule has 0 aliphatic rings. The number of ketones is 1. The number of rotatable bonds is 17. The molecule has 0 fully saturated rings.